The molecule has 2 amide bonds. The maximum Gasteiger partial charge on any atom is 0.264 e. The number of rotatable bonds is 15. The van der Waals surface area contributed by atoms with Crippen LogP contribution in [0.5, 0.6) is 11.5 Å². The summed E-state index contributed by atoms with van der Waals surface area (Å²) in [6.45, 7) is 3.42. The first-order valence-electron chi connectivity index (χ1n) is 16.5. The average molecular weight is 745 g/mol. The van der Waals surface area contributed by atoms with Crippen LogP contribution in [0.25, 0.3) is 0 Å². The Hall–Kier alpha value is -4.83. The van der Waals surface area contributed by atoms with Crippen LogP contribution >= 0.6 is 23.2 Å². The van der Waals surface area contributed by atoms with Crippen LogP contribution in [0.1, 0.15) is 30.0 Å². The van der Waals surface area contributed by atoms with E-state index in [0.29, 0.717) is 40.1 Å². The van der Waals surface area contributed by atoms with Crippen LogP contribution in [-0.4, -0.2) is 44.3 Å². The largest absolute Gasteiger partial charge is 0.457 e. The second-order valence-electron chi connectivity index (χ2n) is 12.0. The van der Waals surface area contributed by atoms with Gasteiger partial charge in [-0.3, -0.25) is 13.9 Å². The number of carbonyl (C=O) groups excluding carboxylic acids is 2. The van der Waals surface area contributed by atoms with Gasteiger partial charge in [-0.15, -0.1) is 0 Å². The third kappa shape index (κ3) is 9.70. The van der Waals surface area contributed by atoms with Gasteiger partial charge in [0.1, 0.15) is 24.1 Å². The van der Waals surface area contributed by atoms with Crippen molar-refractivity contribution in [2.45, 2.75) is 44.2 Å². The maximum absolute atomic E-state index is 14.7. The Morgan fingerprint density at radius 2 is 1.35 bits per heavy atom. The highest BCUT2D eigenvalue weighted by atomic mass is 35.5. The van der Waals surface area contributed by atoms with Gasteiger partial charge in [-0.1, -0.05) is 102 Å². The van der Waals surface area contributed by atoms with Crippen molar-refractivity contribution in [3.8, 4) is 11.5 Å². The van der Waals surface area contributed by atoms with Crippen molar-refractivity contribution in [3.63, 3.8) is 0 Å². The first-order chi connectivity index (χ1) is 24.6. The Bertz CT molecular complexity index is 2010. The molecule has 5 rings (SSSR count). The van der Waals surface area contributed by atoms with Gasteiger partial charge in [0.25, 0.3) is 10.0 Å². The summed E-state index contributed by atoms with van der Waals surface area (Å²) in [5.41, 5.74) is 2.36. The van der Waals surface area contributed by atoms with Gasteiger partial charge in [-0.2, -0.15) is 0 Å². The van der Waals surface area contributed by atoms with Crippen LogP contribution in [0.3, 0.4) is 0 Å². The number of sulfonamides is 1. The van der Waals surface area contributed by atoms with E-state index in [9.17, 15) is 18.0 Å². The van der Waals surface area contributed by atoms with Crippen LogP contribution in [-0.2, 0) is 32.6 Å². The summed E-state index contributed by atoms with van der Waals surface area (Å²) in [5, 5.41) is 3.55. The number of anilines is 1. The predicted octanol–water partition coefficient (Wildman–Crippen LogP) is 8.46. The third-order valence-corrected chi connectivity index (χ3v) is 10.7. The van der Waals surface area contributed by atoms with Crippen LogP contribution in [0.2, 0.25) is 10.0 Å². The monoisotopic (exact) mass is 743 g/mol. The Morgan fingerprint density at radius 1 is 0.765 bits per heavy atom. The second kappa shape index (κ2) is 17.4. The molecule has 0 aromatic heterocycles. The highest BCUT2D eigenvalue weighted by Crippen LogP contribution is 2.31. The van der Waals surface area contributed by atoms with Gasteiger partial charge in [0.15, 0.2) is 0 Å². The van der Waals surface area contributed by atoms with Crippen LogP contribution in [0.4, 0.5) is 5.69 Å². The summed E-state index contributed by atoms with van der Waals surface area (Å²) in [7, 11) is -4.29. The molecule has 51 heavy (non-hydrogen) atoms. The molecule has 264 valence electrons. The van der Waals surface area contributed by atoms with E-state index >= 15 is 0 Å². The highest BCUT2D eigenvalue weighted by Gasteiger charge is 2.35. The number of amides is 2. The number of hydrogen-bond acceptors (Lipinski definition) is 5. The lowest BCUT2D eigenvalue weighted by atomic mass is 10.0. The van der Waals surface area contributed by atoms with E-state index in [0.717, 1.165) is 15.4 Å². The third-order valence-electron chi connectivity index (χ3n) is 8.20. The van der Waals surface area contributed by atoms with E-state index in [-0.39, 0.29) is 29.5 Å². The van der Waals surface area contributed by atoms with E-state index in [4.69, 9.17) is 27.9 Å². The molecule has 5 aromatic rings. The molecule has 0 fully saturated rings. The Balaban J connectivity index is 1.58. The number of carbonyl (C=O) groups is 2. The fourth-order valence-electron chi connectivity index (χ4n) is 5.44. The molecule has 0 heterocycles. The summed E-state index contributed by atoms with van der Waals surface area (Å²) in [5.74, 6) is 0.0881. The van der Waals surface area contributed by atoms with Crippen LogP contribution < -0.4 is 14.4 Å². The Kier molecular flexibility index (Phi) is 12.8. The molecule has 11 heteroatoms. The molecule has 0 aliphatic carbocycles. The molecular formula is C40H39Cl2N3O5S. The molecule has 0 unspecified atom stereocenters. The lowest BCUT2D eigenvalue weighted by molar-refractivity contribution is -0.140. The number of halogens is 2. The minimum Gasteiger partial charge on any atom is -0.457 e. The van der Waals surface area contributed by atoms with Gasteiger partial charge >= 0.3 is 0 Å². The number of para-hydroxylation sites is 1. The molecule has 0 aliphatic rings. The lowest BCUT2D eigenvalue weighted by Gasteiger charge is -2.34. The summed E-state index contributed by atoms with van der Waals surface area (Å²) in [6.07, 6.45) is 0.848. The van der Waals surface area contributed by atoms with Crippen LogP contribution in [0.15, 0.2) is 132 Å². The van der Waals surface area contributed by atoms with E-state index in [2.05, 4.69) is 5.32 Å². The molecule has 0 bridgehead atoms. The zero-order valence-corrected chi connectivity index (χ0v) is 30.7. The normalized spacial score (nSPS) is 11.8. The minimum absolute atomic E-state index is 0.00716. The minimum atomic E-state index is -4.29. The van der Waals surface area contributed by atoms with Crippen molar-refractivity contribution in [3.05, 3.63) is 154 Å². The van der Waals surface area contributed by atoms with E-state index in [1.165, 1.54) is 17.0 Å². The maximum atomic E-state index is 14.7. The number of aryl methyl sites for hydroxylation is 1. The summed E-state index contributed by atoms with van der Waals surface area (Å²) >= 11 is 13.2. The SMILES string of the molecule is CCCNC(=O)[C@@H](Cc1ccccc1)N(Cc1c(Cl)cccc1Cl)C(=O)CN(c1ccc(Oc2ccccc2)cc1)S(=O)(=O)c1ccc(C)cc1. The standard InChI is InChI=1S/C40H39Cl2N3O5S/c1-3-25-43-40(47)38(26-30-11-6-4-7-12-30)44(27-35-36(41)15-10-16-37(35)42)39(46)28-45(51(48,49)34-23-17-29(2)18-24-34)31-19-21-33(22-20-31)50-32-13-8-5-9-14-32/h4-24,38H,3,25-28H2,1-2H3,(H,43,47)/t38-/m1/s1. The van der Waals surface area contributed by atoms with Crippen molar-refractivity contribution >= 4 is 50.7 Å². The first-order valence-corrected chi connectivity index (χ1v) is 18.7. The molecule has 0 radical (unpaired) electrons. The van der Waals surface area contributed by atoms with Gasteiger partial charge in [-0.25, -0.2) is 8.42 Å². The average Bonchev–Trinajstić information content (AvgIpc) is 3.13. The second-order valence-corrected chi connectivity index (χ2v) is 14.6. The molecule has 0 aliphatic heterocycles. The Morgan fingerprint density at radius 3 is 1.96 bits per heavy atom. The predicted molar refractivity (Wildman–Crippen MR) is 203 cm³/mol. The van der Waals surface area contributed by atoms with Crippen molar-refractivity contribution in [1.82, 2.24) is 10.2 Å². The van der Waals surface area contributed by atoms with Crippen LogP contribution in [0, 0.1) is 6.92 Å². The summed E-state index contributed by atoms with van der Waals surface area (Å²) < 4.78 is 35.8. The molecule has 1 atom stereocenters. The number of benzene rings is 5. The molecule has 1 N–H and O–H groups in total. The van der Waals surface area contributed by atoms with E-state index in [1.54, 1.807) is 54.6 Å². The fraction of sp³-hybridized carbons (Fsp3) is 0.200. The van der Waals surface area contributed by atoms with Crippen molar-refractivity contribution in [1.29, 1.82) is 0 Å². The number of nitrogens with zero attached hydrogens (tertiary/aromatic N) is 2. The zero-order chi connectivity index (χ0) is 36.4. The van der Waals surface area contributed by atoms with Gasteiger partial charge in [0.05, 0.1) is 10.6 Å². The first kappa shape index (κ1) is 37.4. The molecule has 8 nitrogen and oxygen atoms in total. The number of nitrogens with one attached hydrogen (secondary N) is 1. The van der Waals surface area contributed by atoms with E-state index in [1.807, 2.05) is 74.5 Å². The molecule has 5 aromatic carbocycles. The van der Waals surface area contributed by atoms with Gasteiger partial charge in [0, 0.05) is 35.1 Å². The van der Waals surface area contributed by atoms with Gasteiger partial charge < -0.3 is 15.0 Å². The van der Waals surface area contributed by atoms with Crippen molar-refractivity contribution in [2.24, 2.45) is 0 Å². The zero-order valence-electron chi connectivity index (χ0n) is 28.3. The molecule has 0 spiro atoms. The summed E-state index contributed by atoms with van der Waals surface area (Å²) in [4.78, 5) is 30.0. The van der Waals surface area contributed by atoms with Crippen molar-refractivity contribution < 1.29 is 22.7 Å². The lowest BCUT2D eigenvalue weighted by Crippen LogP contribution is -2.53. The fourth-order valence-corrected chi connectivity index (χ4v) is 7.38. The topological polar surface area (TPSA) is 96.0 Å². The van der Waals surface area contributed by atoms with Gasteiger partial charge in [-0.05, 0) is 79.6 Å². The smallest absolute Gasteiger partial charge is 0.264 e. The highest BCUT2D eigenvalue weighted by molar-refractivity contribution is 7.92. The molecule has 0 saturated carbocycles. The molecule has 0 saturated heterocycles. The number of ether oxygens (including phenoxy) is 1. The molecular weight excluding hydrogens is 705 g/mol. The quantitative estimate of drug-likeness (QED) is 0.116. The summed E-state index contributed by atoms with van der Waals surface area (Å²) in [6, 6.07) is 35.4. The Labute approximate surface area is 309 Å². The van der Waals surface area contributed by atoms with Gasteiger partial charge in [0.2, 0.25) is 11.8 Å². The van der Waals surface area contributed by atoms with E-state index < -0.39 is 28.5 Å². The number of hydrogen-bond donors (Lipinski definition) is 1. The van der Waals surface area contributed by atoms with Crippen molar-refractivity contribution in [2.75, 3.05) is 17.4 Å².